The van der Waals surface area contributed by atoms with Crippen molar-refractivity contribution >= 4 is 5.91 Å². The van der Waals surface area contributed by atoms with Gasteiger partial charge in [-0.15, -0.1) is 5.10 Å². The highest BCUT2D eigenvalue weighted by atomic mass is 16.2. The van der Waals surface area contributed by atoms with Crippen molar-refractivity contribution in [2.24, 2.45) is 5.73 Å². The summed E-state index contributed by atoms with van der Waals surface area (Å²) in [5, 5.41) is 15.3. The van der Waals surface area contributed by atoms with Crippen LogP contribution in [0.2, 0.25) is 0 Å². The van der Waals surface area contributed by atoms with Gasteiger partial charge in [0.1, 0.15) is 11.6 Å². The fourth-order valence-corrected chi connectivity index (χ4v) is 3.22. The number of aryl methyl sites for hydroxylation is 3. The van der Waals surface area contributed by atoms with E-state index in [2.05, 4.69) is 25.7 Å². The molecule has 0 aliphatic heterocycles. The zero-order valence-corrected chi connectivity index (χ0v) is 14.9. The number of aromatic nitrogens is 6. The predicted octanol–water partition coefficient (Wildman–Crippen LogP) is 0.749. The third-order valence-electron chi connectivity index (χ3n) is 4.65. The van der Waals surface area contributed by atoms with Crippen LogP contribution in [0.15, 0.2) is 6.20 Å². The molecular weight excluding hydrogens is 320 g/mol. The van der Waals surface area contributed by atoms with Gasteiger partial charge in [0, 0.05) is 19.1 Å². The van der Waals surface area contributed by atoms with Crippen molar-refractivity contribution in [3.63, 3.8) is 0 Å². The summed E-state index contributed by atoms with van der Waals surface area (Å²) in [7, 11) is 0. The van der Waals surface area contributed by atoms with Crippen LogP contribution >= 0.6 is 0 Å². The summed E-state index contributed by atoms with van der Waals surface area (Å²) in [4.78, 5) is 16.5. The Morgan fingerprint density at radius 3 is 2.76 bits per heavy atom. The van der Waals surface area contributed by atoms with Crippen LogP contribution in [0, 0.1) is 13.8 Å². The molecule has 1 amide bonds. The van der Waals surface area contributed by atoms with E-state index in [0.29, 0.717) is 24.3 Å². The van der Waals surface area contributed by atoms with Gasteiger partial charge in [0.25, 0.3) is 5.91 Å². The number of carbonyl (C=O) groups excluding carboxylic acids is 1. The molecule has 9 nitrogen and oxygen atoms in total. The topological polar surface area (TPSA) is 117 Å². The van der Waals surface area contributed by atoms with Gasteiger partial charge in [-0.05, 0) is 46.0 Å². The van der Waals surface area contributed by atoms with E-state index >= 15 is 0 Å². The third kappa shape index (κ3) is 4.41. The van der Waals surface area contributed by atoms with Crippen LogP contribution in [-0.2, 0) is 6.54 Å². The maximum absolute atomic E-state index is 12.2. The molecule has 2 heterocycles. The minimum atomic E-state index is -0.190. The molecule has 0 aromatic carbocycles. The highest BCUT2D eigenvalue weighted by Crippen LogP contribution is 2.26. The fraction of sp³-hybridized carbons (Fsp3) is 0.688. The van der Waals surface area contributed by atoms with Gasteiger partial charge in [0.2, 0.25) is 0 Å². The lowest BCUT2D eigenvalue weighted by atomic mass is 9.92. The van der Waals surface area contributed by atoms with Crippen molar-refractivity contribution in [1.82, 2.24) is 35.1 Å². The zero-order valence-electron chi connectivity index (χ0n) is 14.9. The summed E-state index contributed by atoms with van der Waals surface area (Å²) in [6, 6.07) is 0.590. The van der Waals surface area contributed by atoms with Crippen molar-refractivity contribution in [2.75, 3.05) is 6.54 Å². The maximum Gasteiger partial charge on any atom is 0.273 e. The number of carbonyl (C=O) groups is 1. The summed E-state index contributed by atoms with van der Waals surface area (Å²) >= 11 is 0. The van der Waals surface area contributed by atoms with E-state index in [9.17, 15) is 4.79 Å². The van der Waals surface area contributed by atoms with Crippen LogP contribution in [0.5, 0.6) is 0 Å². The Balaban J connectivity index is 1.45. The van der Waals surface area contributed by atoms with E-state index in [-0.39, 0.29) is 5.91 Å². The standard InChI is InChI=1S/C16H26N8O/c1-11-19-12(2)23(21-11)9-3-8-18-16(25)15-10-24(22-20-15)14-6-4-13(17)5-7-14/h10,13-14H,3-9,17H2,1-2H3,(H,18,25). The number of hydrogen-bond donors (Lipinski definition) is 2. The molecule has 2 aromatic rings. The first-order chi connectivity index (χ1) is 12.0. The highest BCUT2D eigenvalue weighted by Gasteiger charge is 2.22. The van der Waals surface area contributed by atoms with E-state index in [1.54, 1.807) is 6.20 Å². The lowest BCUT2D eigenvalue weighted by molar-refractivity contribution is 0.0947. The molecule has 0 radical (unpaired) electrons. The molecule has 0 spiro atoms. The molecule has 0 unspecified atom stereocenters. The molecule has 0 bridgehead atoms. The maximum atomic E-state index is 12.2. The monoisotopic (exact) mass is 346 g/mol. The second-order valence-corrected chi connectivity index (χ2v) is 6.69. The molecule has 136 valence electrons. The molecule has 3 N–H and O–H groups in total. The van der Waals surface area contributed by atoms with Crippen LogP contribution in [0.4, 0.5) is 0 Å². The van der Waals surface area contributed by atoms with Gasteiger partial charge in [0.15, 0.2) is 5.69 Å². The Labute approximate surface area is 147 Å². The number of hydrogen-bond acceptors (Lipinski definition) is 6. The molecule has 1 fully saturated rings. The minimum absolute atomic E-state index is 0.190. The molecule has 1 saturated carbocycles. The van der Waals surface area contributed by atoms with Crippen LogP contribution in [0.25, 0.3) is 0 Å². The highest BCUT2D eigenvalue weighted by molar-refractivity contribution is 5.91. The Kier molecular flexibility index (Phi) is 5.42. The largest absolute Gasteiger partial charge is 0.351 e. The molecule has 2 aromatic heterocycles. The summed E-state index contributed by atoms with van der Waals surface area (Å²) in [5.74, 6) is 1.46. The van der Waals surface area contributed by atoms with E-state index in [1.807, 2.05) is 23.2 Å². The minimum Gasteiger partial charge on any atom is -0.351 e. The van der Waals surface area contributed by atoms with Crippen molar-refractivity contribution in [2.45, 2.75) is 64.6 Å². The molecule has 3 rings (SSSR count). The lowest BCUT2D eigenvalue weighted by Gasteiger charge is -2.25. The lowest BCUT2D eigenvalue weighted by Crippen LogP contribution is -2.28. The normalized spacial score (nSPS) is 20.6. The van der Waals surface area contributed by atoms with Crippen LogP contribution in [0.3, 0.4) is 0 Å². The fourth-order valence-electron chi connectivity index (χ4n) is 3.22. The number of nitrogens with one attached hydrogen (secondary N) is 1. The van der Waals surface area contributed by atoms with E-state index in [1.165, 1.54) is 0 Å². The van der Waals surface area contributed by atoms with E-state index in [0.717, 1.165) is 50.3 Å². The molecule has 0 saturated heterocycles. The molecular formula is C16H26N8O. The Hall–Kier alpha value is -2.29. The number of nitrogens with two attached hydrogens (primary N) is 1. The van der Waals surface area contributed by atoms with Crippen molar-refractivity contribution < 1.29 is 4.79 Å². The Bertz CT molecular complexity index is 714. The molecule has 25 heavy (non-hydrogen) atoms. The summed E-state index contributed by atoms with van der Waals surface area (Å²) in [5.41, 5.74) is 6.29. The Morgan fingerprint density at radius 1 is 1.32 bits per heavy atom. The second kappa shape index (κ2) is 7.73. The molecule has 1 aliphatic carbocycles. The van der Waals surface area contributed by atoms with Crippen molar-refractivity contribution in [1.29, 1.82) is 0 Å². The predicted molar refractivity (Wildman–Crippen MR) is 91.9 cm³/mol. The molecule has 1 aliphatic rings. The Morgan fingerprint density at radius 2 is 2.08 bits per heavy atom. The van der Waals surface area contributed by atoms with Gasteiger partial charge in [0.05, 0.1) is 12.2 Å². The van der Waals surface area contributed by atoms with Gasteiger partial charge < -0.3 is 11.1 Å². The summed E-state index contributed by atoms with van der Waals surface area (Å²) in [6.07, 6.45) is 6.48. The van der Waals surface area contributed by atoms with Gasteiger partial charge in [-0.25, -0.2) is 9.67 Å². The zero-order chi connectivity index (χ0) is 17.8. The van der Waals surface area contributed by atoms with E-state index in [4.69, 9.17) is 5.73 Å². The summed E-state index contributed by atoms with van der Waals surface area (Å²) in [6.45, 7) is 5.08. The average molecular weight is 346 g/mol. The van der Waals surface area contributed by atoms with Crippen LogP contribution < -0.4 is 11.1 Å². The van der Waals surface area contributed by atoms with Gasteiger partial charge >= 0.3 is 0 Å². The number of amides is 1. The third-order valence-corrected chi connectivity index (χ3v) is 4.65. The van der Waals surface area contributed by atoms with Crippen LogP contribution in [-0.4, -0.2) is 48.3 Å². The summed E-state index contributed by atoms with van der Waals surface area (Å²) < 4.78 is 3.66. The quantitative estimate of drug-likeness (QED) is 0.746. The first-order valence-corrected chi connectivity index (χ1v) is 8.86. The SMILES string of the molecule is Cc1nc(C)n(CCCNC(=O)c2cn(C3CCC(N)CC3)nn2)n1. The first kappa shape index (κ1) is 17.5. The molecule has 9 heteroatoms. The van der Waals surface area contributed by atoms with Gasteiger partial charge in [-0.2, -0.15) is 5.10 Å². The average Bonchev–Trinajstić information content (AvgIpc) is 3.19. The van der Waals surface area contributed by atoms with Crippen molar-refractivity contribution in [3.8, 4) is 0 Å². The smallest absolute Gasteiger partial charge is 0.273 e. The number of rotatable bonds is 6. The van der Waals surface area contributed by atoms with Crippen LogP contribution in [0.1, 0.15) is 60.3 Å². The van der Waals surface area contributed by atoms with Gasteiger partial charge in [-0.3, -0.25) is 9.48 Å². The first-order valence-electron chi connectivity index (χ1n) is 8.86. The molecule has 0 atom stereocenters. The number of nitrogens with zero attached hydrogens (tertiary/aromatic N) is 6. The van der Waals surface area contributed by atoms with Gasteiger partial charge in [-0.1, -0.05) is 5.21 Å². The second-order valence-electron chi connectivity index (χ2n) is 6.69. The van der Waals surface area contributed by atoms with Crippen molar-refractivity contribution in [3.05, 3.63) is 23.5 Å². The van der Waals surface area contributed by atoms with E-state index < -0.39 is 0 Å².